The zero-order valence-electron chi connectivity index (χ0n) is 17.7. The number of rotatable bonds is 2. The smallest absolute Gasteiger partial charge is 0.290 e. The first kappa shape index (κ1) is 20.8. The summed E-state index contributed by atoms with van der Waals surface area (Å²) in [6.45, 7) is 6.22. The van der Waals surface area contributed by atoms with Gasteiger partial charge in [0.2, 0.25) is 5.91 Å². The van der Waals surface area contributed by atoms with Crippen LogP contribution in [0, 0.1) is 18.8 Å². The number of anilines is 1. The Bertz CT molecular complexity index is 1100. The number of benzene rings is 2. The van der Waals surface area contributed by atoms with Crippen molar-refractivity contribution < 1.29 is 14.7 Å². The van der Waals surface area contributed by atoms with Crippen molar-refractivity contribution in [2.45, 2.75) is 19.9 Å². The van der Waals surface area contributed by atoms with E-state index < -0.39 is 0 Å². The van der Waals surface area contributed by atoms with Crippen molar-refractivity contribution in [3.63, 3.8) is 0 Å². The fraction of sp³-hybridized carbons (Fsp3) is 0.333. The number of aromatic nitrogens is 2. The van der Waals surface area contributed by atoms with E-state index in [2.05, 4.69) is 46.0 Å². The SMILES string of the molecule is CC(=O)N1C[C@H]2CN(c3cnc4ccccc4n3)C[C@H]2[C@@H]1c1ccccc1C.O=CO. The summed E-state index contributed by atoms with van der Waals surface area (Å²) < 4.78 is 0. The molecule has 1 N–H and O–H groups in total. The summed E-state index contributed by atoms with van der Waals surface area (Å²) in [6.07, 6.45) is 1.88. The molecule has 1 aromatic heterocycles. The van der Waals surface area contributed by atoms with Crippen molar-refractivity contribution in [1.29, 1.82) is 0 Å². The number of carbonyl (C=O) groups is 2. The molecule has 1 amide bonds. The van der Waals surface area contributed by atoms with Crippen LogP contribution < -0.4 is 4.90 Å². The Balaban J connectivity index is 0.000000730. The molecule has 3 aromatic rings. The molecule has 0 radical (unpaired) electrons. The number of carboxylic acid groups (broad SMARTS) is 1. The summed E-state index contributed by atoms with van der Waals surface area (Å²) in [5.41, 5.74) is 4.38. The summed E-state index contributed by atoms with van der Waals surface area (Å²) >= 11 is 0. The van der Waals surface area contributed by atoms with Crippen molar-refractivity contribution >= 4 is 29.2 Å². The van der Waals surface area contributed by atoms with Gasteiger partial charge in [0.15, 0.2) is 0 Å². The van der Waals surface area contributed by atoms with Crippen LogP contribution in [0.25, 0.3) is 11.0 Å². The van der Waals surface area contributed by atoms with Crippen LogP contribution in [0.5, 0.6) is 0 Å². The van der Waals surface area contributed by atoms with Crippen LogP contribution in [0.15, 0.2) is 54.7 Å². The molecule has 3 heterocycles. The van der Waals surface area contributed by atoms with Gasteiger partial charge >= 0.3 is 0 Å². The minimum atomic E-state index is -0.250. The first-order chi connectivity index (χ1) is 15.0. The van der Waals surface area contributed by atoms with E-state index >= 15 is 0 Å². The van der Waals surface area contributed by atoms with Crippen molar-refractivity contribution in [2.75, 3.05) is 24.5 Å². The Morgan fingerprint density at radius 3 is 2.45 bits per heavy atom. The van der Waals surface area contributed by atoms with Gasteiger partial charge in [0.25, 0.3) is 6.47 Å². The maximum Gasteiger partial charge on any atom is 0.290 e. The molecule has 2 aliphatic heterocycles. The number of para-hydroxylation sites is 2. The molecular weight excluding hydrogens is 392 g/mol. The number of likely N-dealkylation sites (tertiary alicyclic amines) is 1. The minimum Gasteiger partial charge on any atom is -0.483 e. The number of hydrogen-bond donors (Lipinski definition) is 1. The molecule has 0 spiro atoms. The molecule has 5 rings (SSSR count). The van der Waals surface area contributed by atoms with Crippen LogP contribution >= 0.6 is 0 Å². The fourth-order valence-electron chi connectivity index (χ4n) is 4.97. The van der Waals surface area contributed by atoms with Crippen LogP contribution in [0.2, 0.25) is 0 Å². The lowest BCUT2D eigenvalue weighted by Gasteiger charge is -2.30. The Kier molecular flexibility index (Phi) is 5.84. The number of fused-ring (bicyclic) bond motifs is 2. The lowest BCUT2D eigenvalue weighted by molar-refractivity contribution is -0.130. The molecule has 7 heteroatoms. The molecule has 2 aromatic carbocycles. The Morgan fingerprint density at radius 1 is 1.06 bits per heavy atom. The highest BCUT2D eigenvalue weighted by molar-refractivity contribution is 5.76. The highest BCUT2D eigenvalue weighted by atomic mass is 16.3. The molecule has 0 aliphatic carbocycles. The summed E-state index contributed by atoms with van der Waals surface area (Å²) in [5, 5.41) is 6.89. The third-order valence-corrected chi connectivity index (χ3v) is 6.34. The van der Waals surface area contributed by atoms with Crippen LogP contribution in [0.4, 0.5) is 5.82 Å². The number of carbonyl (C=O) groups excluding carboxylic acids is 1. The Hall–Kier alpha value is -3.48. The van der Waals surface area contributed by atoms with Crippen molar-refractivity contribution in [1.82, 2.24) is 14.9 Å². The predicted octanol–water partition coefficient (Wildman–Crippen LogP) is 3.29. The van der Waals surface area contributed by atoms with Gasteiger partial charge in [0.1, 0.15) is 5.82 Å². The number of nitrogens with zero attached hydrogens (tertiary/aromatic N) is 4. The lowest BCUT2D eigenvalue weighted by atomic mass is 9.87. The van der Waals surface area contributed by atoms with Gasteiger partial charge in [-0.3, -0.25) is 14.6 Å². The molecule has 31 heavy (non-hydrogen) atoms. The first-order valence-electron chi connectivity index (χ1n) is 10.4. The zero-order valence-corrected chi connectivity index (χ0v) is 17.7. The van der Waals surface area contributed by atoms with Crippen LogP contribution in [0.1, 0.15) is 24.1 Å². The van der Waals surface area contributed by atoms with Gasteiger partial charge in [-0.1, -0.05) is 36.4 Å². The highest BCUT2D eigenvalue weighted by Crippen LogP contribution is 2.46. The first-order valence-corrected chi connectivity index (χ1v) is 10.4. The highest BCUT2D eigenvalue weighted by Gasteiger charge is 2.49. The zero-order chi connectivity index (χ0) is 22.0. The quantitative estimate of drug-likeness (QED) is 0.643. The van der Waals surface area contributed by atoms with E-state index in [0.717, 1.165) is 36.5 Å². The molecule has 0 bridgehead atoms. The van der Waals surface area contributed by atoms with E-state index in [-0.39, 0.29) is 18.4 Å². The van der Waals surface area contributed by atoms with Crippen molar-refractivity contribution in [2.24, 2.45) is 11.8 Å². The topological polar surface area (TPSA) is 86.6 Å². The van der Waals surface area contributed by atoms with Gasteiger partial charge in [-0.15, -0.1) is 0 Å². The molecule has 3 atom stereocenters. The van der Waals surface area contributed by atoms with Gasteiger partial charge in [-0.05, 0) is 30.2 Å². The Labute approximate surface area is 181 Å². The van der Waals surface area contributed by atoms with E-state index in [1.807, 2.05) is 30.5 Å². The molecule has 160 valence electrons. The third-order valence-electron chi connectivity index (χ3n) is 6.34. The summed E-state index contributed by atoms with van der Waals surface area (Å²) in [4.78, 5) is 34.6. The monoisotopic (exact) mass is 418 g/mol. The summed E-state index contributed by atoms with van der Waals surface area (Å²) in [7, 11) is 0. The maximum absolute atomic E-state index is 12.4. The molecule has 2 fully saturated rings. The molecular formula is C24H26N4O3. The van der Waals surface area contributed by atoms with E-state index in [4.69, 9.17) is 14.9 Å². The van der Waals surface area contributed by atoms with Crippen molar-refractivity contribution in [3.8, 4) is 0 Å². The normalized spacial score (nSPS) is 22.1. The minimum absolute atomic E-state index is 0.141. The van der Waals surface area contributed by atoms with E-state index in [9.17, 15) is 4.79 Å². The number of aryl methyl sites for hydroxylation is 1. The van der Waals surface area contributed by atoms with Crippen LogP contribution in [-0.4, -0.2) is 52.0 Å². The lowest BCUT2D eigenvalue weighted by Crippen LogP contribution is -2.34. The van der Waals surface area contributed by atoms with E-state index in [0.29, 0.717) is 11.8 Å². The Morgan fingerprint density at radius 2 is 1.74 bits per heavy atom. The third kappa shape index (κ3) is 3.95. The number of amides is 1. The second kappa shape index (κ2) is 8.71. The standard InChI is InChI=1S/C23H24N4O.CH2O2/c1-15-7-3-4-8-18(15)23-19-14-26(12-17(19)13-27(23)16(2)28)22-11-24-20-9-5-6-10-21(20)25-22;2-1-3/h3-11,17,19,23H,12-14H2,1-2H3;1H,(H,2,3)/t17-,19-,23+;/m1./s1. The molecule has 2 aliphatic rings. The maximum atomic E-state index is 12.4. The van der Waals surface area contributed by atoms with Crippen LogP contribution in [-0.2, 0) is 9.59 Å². The van der Waals surface area contributed by atoms with E-state index in [1.165, 1.54) is 11.1 Å². The van der Waals surface area contributed by atoms with Gasteiger partial charge in [-0.25, -0.2) is 4.98 Å². The van der Waals surface area contributed by atoms with Gasteiger partial charge < -0.3 is 14.9 Å². The van der Waals surface area contributed by atoms with Gasteiger partial charge in [-0.2, -0.15) is 0 Å². The molecule has 0 unspecified atom stereocenters. The van der Waals surface area contributed by atoms with E-state index in [1.54, 1.807) is 6.92 Å². The number of hydrogen-bond acceptors (Lipinski definition) is 5. The second-order valence-electron chi connectivity index (χ2n) is 8.12. The molecule has 0 saturated carbocycles. The van der Waals surface area contributed by atoms with Crippen molar-refractivity contribution in [3.05, 3.63) is 65.9 Å². The predicted molar refractivity (Wildman–Crippen MR) is 119 cm³/mol. The summed E-state index contributed by atoms with van der Waals surface area (Å²) in [5.74, 6) is 1.98. The average molecular weight is 418 g/mol. The second-order valence-corrected chi connectivity index (χ2v) is 8.12. The van der Waals surface area contributed by atoms with Crippen LogP contribution in [0.3, 0.4) is 0 Å². The van der Waals surface area contributed by atoms with Gasteiger partial charge in [0.05, 0.1) is 23.3 Å². The largest absolute Gasteiger partial charge is 0.483 e. The fourth-order valence-corrected chi connectivity index (χ4v) is 4.97. The molecule has 7 nitrogen and oxygen atoms in total. The average Bonchev–Trinajstić information content (AvgIpc) is 3.33. The molecule has 2 saturated heterocycles. The summed E-state index contributed by atoms with van der Waals surface area (Å²) in [6, 6.07) is 16.6. The van der Waals surface area contributed by atoms with Gasteiger partial charge in [0, 0.05) is 38.4 Å².